The van der Waals surface area contributed by atoms with Crippen LogP contribution in [-0.2, 0) is 0 Å². The van der Waals surface area contributed by atoms with Crippen molar-refractivity contribution in [3.05, 3.63) is 12.2 Å². The van der Waals surface area contributed by atoms with E-state index in [0.717, 1.165) is 0 Å². The van der Waals surface area contributed by atoms with Gasteiger partial charge in [-0.15, -0.1) is 0 Å². The lowest BCUT2D eigenvalue weighted by atomic mass is 10.1. The molecule has 0 aromatic heterocycles. The van der Waals surface area contributed by atoms with E-state index in [1.165, 1.54) is 181 Å². The van der Waals surface area contributed by atoms with E-state index in [0.29, 0.717) is 0 Å². The Morgan fingerprint density at radius 3 is 1.41 bits per heavy atom. The first kappa shape index (κ1) is 31.7. The Morgan fingerprint density at radius 2 is 0.912 bits per heavy atom. The van der Waals surface area contributed by atoms with Gasteiger partial charge in [0.15, 0.2) is 0 Å². The predicted molar refractivity (Wildman–Crippen MR) is 155 cm³/mol. The number of likely N-dealkylation sites (tertiary alicyclic amines) is 1. The zero-order chi connectivity index (χ0) is 24.4. The topological polar surface area (TPSA) is 6.48 Å². The summed E-state index contributed by atoms with van der Waals surface area (Å²) >= 11 is 0. The van der Waals surface area contributed by atoms with E-state index in [4.69, 9.17) is 0 Å². The average molecular weight is 477 g/mol. The quantitative estimate of drug-likeness (QED) is 0.0905. The number of hydrogen-bond acceptors (Lipinski definition) is 2. The highest BCUT2D eigenvalue weighted by atomic mass is 15.2. The molecular weight excluding hydrogens is 412 g/mol. The molecule has 0 aromatic rings. The number of hydrogen-bond donors (Lipinski definition) is 0. The van der Waals surface area contributed by atoms with Gasteiger partial charge in [0.05, 0.1) is 0 Å². The smallest absolute Gasteiger partial charge is 0.0109 e. The van der Waals surface area contributed by atoms with E-state index in [1.807, 2.05) is 0 Å². The average Bonchev–Trinajstić information content (AvgIpc) is 3.37. The lowest BCUT2D eigenvalue weighted by Crippen LogP contribution is -2.35. The number of unbranched alkanes of at least 4 members (excludes halogenated alkanes) is 17. The molecule has 0 N–H and O–H groups in total. The fourth-order valence-corrected chi connectivity index (χ4v) is 5.32. The zero-order valence-electron chi connectivity index (χ0n) is 23.8. The molecule has 0 saturated carbocycles. The summed E-state index contributed by atoms with van der Waals surface area (Å²) in [6.45, 7) is 12.6. The summed E-state index contributed by atoms with van der Waals surface area (Å²) in [5.41, 5.74) is 0. The van der Waals surface area contributed by atoms with Crippen LogP contribution in [0.2, 0.25) is 0 Å². The summed E-state index contributed by atoms with van der Waals surface area (Å²) in [6, 6.07) is 0. The maximum atomic E-state index is 2.81. The van der Waals surface area contributed by atoms with Gasteiger partial charge < -0.3 is 9.80 Å². The van der Waals surface area contributed by atoms with E-state index in [1.54, 1.807) is 0 Å². The van der Waals surface area contributed by atoms with Crippen LogP contribution in [0.1, 0.15) is 155 Å². The first-order chi connectivity index (χ1) is 16.9. The lowest BCUT2D eigenvalue weighted by Gasteiger charge is -2.25. The minimum Gasteiger partial charge on any atom is -0.302 e. The highest BCUT2D eigenvalue weighted by Crippen LogP contribution is 2.12. The van der Waals surface area contributed by atoms with Crippen molar-refractivity contribution in [2.24, 2.45) is 0 Å². The van der Waals surface area contributed by atoms with Gasteiger partial charge in [-0.2, -0.15) is 0 Å². The van der Waals surface area contributed by atoms with E-state index in [9.17, 15) is 0 Å². The first-order valence-electron chi connectivity index (χ1n) is 16.0. The Bertz CT molecular complexity index is 413. The van der Waals surface area contributed by atoms with Crippen molar-refractivity contribution in [2.45, 2.75) is 155 Å². The van der Waals surface area contributed by atoms with Crippen LogP contribution in [0.5, 0.6) is 0 Å². The molecule has 202 valence electrons. The number of nitrogens with zero attached hydrogens (tertiary/aromatic N) is 2. The highest BCUT2D eigenvalue weighted by molar-refractivity contribution is 4.81. The van der Waals surface area contributed by atoms with Crippen LogP contribution < -0.4 is 0 Å². The maximum absolute atomic E-state index is 2.81. The van der Waals surface area contributed by atoms with E-state index in [2.05, 4.69) is 35.8 Å². The third-order valence-corrected chi connectivity index (χ3v) is 7.75. The minimum atomic E-state index is 1.30. The molecule has 0 amide bonds. The molecule has 0 unspecified atom stereocenters. The normalized spacial score (nSPS) is 14.8. The van der Waals surface area contributed by atoms with Gasteiger partial charge in [0, 0.05) is 13.1 Å². The zero-order valence-corrected chi connectivity index (χ0v) is 23.8. The highest BCUT2D eigenvalue weighted by Gasteiger charge is 2.13. The summed E-state index contributed by atoms with van der Waals surface area (Å²) in [4.78, 5) is 5.50. The van der Waals surface area contributed by atoms with Crippen LogP contribution >= 0.6 is 0 Å². The summed E-state index contributed by atoms with van der Waals surface area (Å²) in [6.07, 6.45) is 35.9. The third kappa shape index (κ3) is 21.0. The molecule has 0 spiro atoms. The summed E-state index contributed by atoms with van der Waals surface area (Å²) in [7, 11) is 0. The monoisotopic (exact) mass is 477 g/mol. The van der Waals surface area contributed by atoms with Gasteiger partial charge in [0.2, 0.25) is 0 Å². The van der Waals surface area contributed by atoms with Crippen molar-refractivity contribution >= 4 is 0 Å². The molecule has 0 aromatic carbocycles. The Hall–Kier alpha value is -0.340. The standard InChI is InChI=1S/C32H64N2/c1-3-5-7-9-11-13-14-15-16-17-18-20-22-24-28-33(31-32-34-29-25-26-30-34)27-23-21-19-12-10-8-6-4-2/h13-14H,3-12,15-32H2,1-2H3. The van der Waals surface area contributed by atoms with Gasteiger partial charge >= 0.3 is 0 Å². The molecule has 0 atom stereocenters. The van der Waals surface area contributed by atoms with Crippen molar-refractivity contribution in [1.82, 2.24) is 9.80 Å². The molecule has 2 heteroatoms. The van der Waals surface area contributed by atoms with Gasteiger partial charge in [-0.05, 0) is 77.5 Å². The van der Waals surface area contributed by atoms with Crippen molar-refractivity contribution in [3.63, 3.8) is 0 Å². The molecule has 0 bridgehead atoms. The molecule has 1 aliphatic rings. The summed E-state index contributed by atoms with van der Waals surface area (Å²) in [5.74, 6) is 0. The summed E-state index contributed by atoms with van der Waals surface area (Å²) < 4.78 is 0. The molecule has 1 saturated heterocycles. The van der Waals surface area contributed by atoms with Crippen molar-refractivity contribution in [3.8, 4) is 0 Å². The van der Waals surface area contributed by atoms with Crippen molar-refractivity contribution < 1.29 is 0 Å². The Balaban J connectivity index is 2.02. The van der Waals surface area contributed by atoms with Gasteiger partial charge in [0.25, 0.3) is 0 Å². The molecule has 34 heavy (non-hydrogen) atoms. The molecular formula is C32H64N2. The van der Waals surface area contributed by atoms with Gasteiger partial charge in [-0.3, -0.25) is 0 Å². The predicted octanol–water partition coefficient (Wildman–Crippen LogP) is 9.78. The second kappa shape index (κ2) is 25.7. The van der Waals surface area contributed by atoms with E-state index in [-0.39, 0.29) is 0 Å². The molecule has 0 aliphatic carbocycles. The number of rotatable bonds is 26. The lowest BCUT2D eigenvalue weighted by molar-refractivity contribution is 0.217. The fourth-order valence-electron chi connectivity index (χ4n) is 5.32. The van der Waals surface area contributed by atoms with Crippen LogP contribution in [0.4, 0.5) is 0 Å². The Kier molecular flexibility index (Phi) is 24.0. The molecule has 2 nitrogen and oxygen atoms in total. The van der Waals surface area contributed by atoms with Gasteiger partial charge in [0.1, 0.15) is 0 Å². The largest absolute Gasteiger partial charge is 0.302 e. The van der Waals surface area contributed by atoms with E-state index >= 15 is 0 Å². The van der Waals surface area contributed by atoms with Crippen LogP contribution in [-0.4, -0.2) is 49.1 Å². The SMILES string of the molecule is CCCCCCC=CCCCCCCCCN(CCCCCCCCCC)CCN1CCCC1. The number of allylic oxidation sites excluding steroid dienone is 2. The van der Waals surface area contributed by atoms with E-state index < -0.39 is 0 Å². The van der Waals surface area contributed by atoms with Gasteiger partial charge in [-0.25, -0.2) is 0 Å². The third-order valence-electron chi connectivity index (χ3n) is 7.75. The second-order valence-electron chi connectivity index (χ2n) is 11.1. The fraction of sp³-hybridized carbons (Fsp3) is 0.938. The summed E-state index contributed by atoms with van der Waals surface area (Å²) in [5, 5.41) is 0. The first-order valence-corrected chi connectivity index (χ1v) is 16.0. The maximum Gasteiger partial charge on any atom is 0.0109 e. The van der Waals surface area contributed by atoms with Gasteiger partial charge in [-0.1, -0.05) is 116 Å². The Labute approximate surface area is 216 Å². The molecule has 1 rings (SSSR count). The molecule has 0 radical (unpaired) electrons. The van der Waals surface area contributed by atoms with Crippen molar-refractivity contribution in [1.29, 1.82) is 0 Å². The molecule has 1 aliphatic heterocycles. The van der Waals surface area contributed by atoms with Crippen molar-refractivity contribution in [2.75, 3.05) is 39.3 Å². The molecule has 1 fully saturated rings. The van der Waals surface area contributed by atoms with Crippen LogP contribution in [0.15, 0.2) is 12.2 Å². The minimum absolute atomic E-state index is 1.30. The second-order valence-corrected chi connectivity index (χ2v) is 11.1. The molecule has 1 heterocycles. The Morgan fingerprint density at radius 1 is 0.500 bits per heavy atom. The van der Waals surface area contributed by atoms with Crippen LogP contribution in [0, 0.1) is 0 Å². The van der Waals surface area contributed by atoms with Crippen LogP contribution in [0.25, 0.3) is 0 Å². The van der Waals surface area contributed by atoms with Crippen LogP contribution in [0.3, 0.4) is 0 Å².